The van der Waals surface area contributed by atoms with E-state index in [0.717, 1.165) is 5.56 Å². The number of aliphatic hydroxyl groups is 1. The number of ketones is 1. The predicted molar refractivity (Wildman–Crippen MR) is 75.3 cm³/mol. The highest BCUT2D eigenvalue weighted by Crippen LogP contribution is 2.33. The lowest BCUT2D eigenvalue weighted by Crippen LogP contribution is -2.49. The van der Waals surface area contributed by atoms with Crippen molar-refractivity contribution in [3.8, 4) is 5.75 Å². The van der Waals surface area contributed by atoms with Gasteiger partial charge >= 0.3 is 6.09 Å². The van der Waals surface area contributed by atoms with Crippen LogP contribution in [0.3, 0.4) is 0 Å². The van der Waals surface area contributed by atoms with Crippen LogP contribution >= 0.6 is 0 Å². The molecule has 1 aromatic carbocycles. The Labute approximate surface area is 123 Å². The van der Waals surface area contributed by atoms with Crippen LogP contribution in [-0.4, -0.2) is 43.3 Å². The Morgan fingerprint density at radius 3 is 2.81 bits per heavy atom. The minimum atomic E-state index is -0.704. The van der Waals surface area contributed by atoms with E-state index in [2.05, 4.69) is 10.1 Å². The summed E-state index contributed by atoms with van der Waals surface area (Å²) in [6, 6.07) is 6.57. The summed E-state index contributed by atoms with van der Waals surface area (Å²) >= 11 is 0. The summed E-state index contributed by atoms with van der Waals surface area (Å²) in [5.41, 5.74) is 0.836. The summed E-state index contributed by atoms with van der Waals surface area (Å²) in [5, 5.41) is 12.4. The SMILES string of the molecule is COC(=O)N[C@H]1C(=O)C[C@@H](O)C[C@@H]1c1cccc(OC)c1. The second kappa shape index (κ2) is 6.58. The number of nitrogens with one attached hydrogen (secondary N) is 1. The maximum Gasteiger partial charge on any atom is 0.407 e. The number of hydrogen-bond acceptors (Lipinski definition) is 5. The number of hydrogen-bond donors (Lipinski definition) is 2. The van der Waals surface area contributed by atoms with E-state index in [4.69, 9.17) is 4.74 Å². The molecule has 1 aliphatic carbocycles. The number of alkyl carbamates (subject to hydrolysis) is 1. The first-order chi connectivity index (χ1) is 10.0. The van der Waals surface area contributed by atoms with Gasteiger partial charge in [-0.2, -0.15) is 0 Å². The third kappa shape index (κ3) is 3.52. The molecule has 0 heterocycles. The van der Waals surface area contributed by atoms with E-state index in [1.54, 1.807) is 13.2 Å². The number of ether oxygens (including phenoxy) is 2. The van der Waals surface area contributed by atoms with E-state index in [-0.39, 0.29) is 18.1 Å². The highest BCUT2D eigenvalue weighted by atomic mass is 16.5. The molecule has 0 saturated heterocycles. The van der Waals surface area contributed by atoms with Crippen LogP contribution in [0.2, 0.25) is 0 Å². The predicted octanol–water partition coefficient (Wildman–Crippen LogP) is 1.23. The Balaban J connectivity index is 2.30. The average Bonchev–Trinajstić information content (AvgIpc) is 2.49. The molecular formula is C15H19NO5. The zero-order chi connectivity index (χ0) is 15.4. The molecule has 0 radical (unpaired) electrons. The molecule has 1 aromatic rings. The fourth-order valence-electron chi connectivity index (χ4n) is 2.66. The summed E-state index contributed by atoms with van der Waals surface area (Å²) in [7, 11) is 2.81. The lowest BCUT2D eigenvalue weighted by Gasteiger charge is -2.33. The molecule has 1 fully saturated rings. The van der Waals surface area contributed by atoms with Crippen LogP contribution in [0, 0.1) is 0 Å². The summed E-state index contributed by atoms with van der Waals surface area (Å²) in [5.74, 6) is 0.152. The number of rotatable bonds is 3. The summed E-state index contributed by atoms with van der Waals surface area (Å²) in [6.07, 6.45) is -0.926. The zero-order valence-electron chi connectivity index (χ0n) is 12.0. The van der Waals surface area contributed by atoms with Gasteiger partial charge in [0, 0.05) is 12.3 Å². The van der Waals surface area contributed by atoms with Gasteiger partial charge in [-0.3, -0.25) is 4.79 Å². The van der Waals surface area contributed by atoms with Crippen LogP contribution in [0.1, 0.15) is 24.3 Å². The van der Waals surface area contributed by atoms with Crippen molar-refractivity contribution in [2.24, 2.45) is 0 Å². The van der Waals surface area contributed by atoms with Crippen molar-refractivity contribution in [3.63, 3.8) is 0 Å². The van der Waals surface area contributed by atoms with Crippen molar-refractivity contribution < 1.29 is 24.2 Å². The third-order valence-corrected chi connectivity index (χ3v) is 3.69. The van der Waals surface area contributed by atoms with Crippen molar-refractivity contribution >= 4 is 11.9 Å². The normalized spacial score (nSPS) is 25.3. The van der Waals surface area contributed by atoms with Crippen molar-refractivity contribution in [3.05, 3.63) is 29.8 Å². The molecule has 0 aromatic heterocycles. The van der Waals surface area contributed by atoms with E-state index in [1.807, 2.05) is 18.2 Å². The number of amides is 1. The van der Waals surface area contributed by atoms with E-state index < -0.39 is 18.2 Å². The fourth-order valence-corrected chi connectivity index (χ4v) is 2.66. The quantitative estimate of drug-likeness (QED) is 0.875. The van der Waals surface area contributed by atoms with Gasteiger partial charge in [-0.1, -0.05) is 12.1 Å². The number of carbonyl (C=O) groups is 2. The summed E-state index contributed by atoms with van der Waals surface area (Å²) in [6.45, 7) is 0. The number of Topliss-reactive ketones (excluding diaryl/α,β-unsaturated/α-hetero) is 1. The van der Waals surface area contributed by atoms with Crippen LogP contribution in [0.5, 0.6) is 5.75 Å². The zero-order valence-corrected chi connectivity index (χ0v) is 12.0. The van der Waals surface area contributed by atoms with Crippen molar-refractivity contribution in [1.82, 2.24) is 5.32 Å². The molecule has 2 N–H and O–H groups in total. The van der Waals surface area contributed by atoms with Crippen molar-refractivity contribution in [1.29, 1.82) is 0 Å². The molecule has 1 amide bonds. The molecule has 6 nitrogen and oxygen atoms in total. The molecule has 0 unspecified atom stereocenters. The molecule has 6 heteroatoms. The van der Waals surface area contributed by atoms with Crippen molar-refractivity contribution in [2.75, 3.05) is 14.2 Å². The number of benzene rings is 1. The minimum absolute atomic E-state index is 0.0368. The Kier molecular flexibility index (Phi) is 4.80. The van der Waals surface area contributed by atoms with Crippen molar-refractivity contribution in [2.45, 2.75) is 30.9 Å². The lowest BCUT2D eigenvalue weighted by atomic mass is 9.78. The van der Waals surface area contributed by atoms with Gasteiger partial charge in [-0.05, 0) is 24.1 Å². The van der Waals surface area contributed by atoms with Gasteiger partial charge in [0.25, 0.3) is 0 Å². The lowest BCUT2D eigenvalue weighted by molar-refractivity contribution is -0.126. The molecule has 21 heavy (non-hydrogen) atoms. The molecule has 1 saturated carbocycles. The van der Waals surface area contributed by atoms with Gasteiger partial charge < -0.3 is 19.9 Å². The second-order valence-corrected chi connectivity index (χ2v) is 5.06. The molecule has 2 rings (SSSR count). The largest absolute Gasteiger partial charge is 0.497 e. The van der Waals surface area contributed by atoms with Gasteiger partial charge in [-0.15, -0.1) is 0 Å². The Morgan fingerprint density at radius 2 is 2.14 bits per heavy atom. The average molecular weight is 293 g/mol. The van der Waals surface area contributed by atoms with Crippen LogP contribution in [0.25, 0.3) is 0 Å². The first kappa shape index (κ1) is 15.3. The smallest absolute Gasteiger partial charge is 0.407 e. The van der Waals surface area contributed by atoms with E-state index in [0.29, 0.717) is 12.2 Å². The fraction of sp³-hybridized carbons (Fsp3) is 0.467. The Bertz CT molecular complexity index is 531. The summed E-state index contributed by atoms with van der Waals surface area (Å²) < 4.78 is 9.75. The first-order valence-electron chi connectivity index (χ1n) is 6.74. The minimum Gasteiger partial charge on any atom is -0.497 e. The monoisotopic (exact) mass is 293 g/mol. The Hall–Kier alpha value is -2.08. The number of carbonyl (C=O) groups excluding carboxylic acids is 2. The Morgan fingerprint density at radius 1 is 1.38 bits per heavy atom. The molecule has 1 aliphatic rings. The van der Waals surface area contributed by atoms with Gasteiger partial charge in [0.15, 0.2) is 5.78 Å². The number of methoxy groups -OCH3 is 2. The molecule has 0 aliphatic heterocycles. The van der Waals surface area contributed by atoms with E-state index in [9.17, 15) is 14.7 Å². The first-order valence-corrected chi connectivity index (χ1v) is 6.74. The second-order valence-electron chi connectivity index (χ2n) is 5.06. The van der Waals surface area contributed by atoms with Gasteiger partial charge in [0.1, 0.15) is 5.75 Å². The van der Waals surface area contributed by atoms with Crippen LogP contribution in [0.15, 0.2) is 24.3 Å². The van der Waals surface area contributed by atoms with Crippen LogP contribution in [0.4, 0.5) is 4.79 Å². The van der Waals surface area contributed by atoms with E-state index >= 15 is 0 Å². The molecule has 0 bridgehead atoms. The molecular weight excluding hydrogens is 274 g/mol. The third-order valence-electron chi connectivity index (χ3n) is 3.69. The summed E-state index contributed by atoms with van der Waals surface area (Å²) in [4.78, 5) is 23.6. The van der Waals surface area contributed by atoms with Gasteiger partial charge in [0.05, 0.1) is 26.4 Å². The van der Waals surface area contributed by atoms with Gasteiger partial charge in [0.2, 0.25) is 0 Å². The maximum absolute atomic E-state index is 12.1. The molecule has 114 valence electrons. The van der Waals surface area contributed by atoms with E-state index in [1.165, 1.54) is 7.11 Å². The maximum atomic E-state index is 12.1. The topological polar surface area (TPSA) is 84.9 Å². The highest BCUT2D eigenvalue weighted by Gasteiger charge is 2.38. The van der Waals surface area contributed by atoms with Crippen LogP contribution < -0.4 is 10.1 Å². The van der Waals surface area contributed by atoms with Crippen LogP contribution in [-0.2, 0) is 9.53 Å². The molecule has 3 atom stereocenters. The standard InChI is InChI=1S/C15H19NO5/c1-20-11-5-3-4-9(6-11)12-7-10(17)8-13(18)14(12)16-15(19)21-2/h3-6,10,12,14,17H,7-8H2,1-2H3,(H,16,19)/t10-,12+,14+/m0/s1. The van der Waals surface area contributed by atoms with Gasteiger partial charge in [-0.25, -0.2) is 4.79 Å². The number of aliphatic hydroxyl groups excluding tert-OH is 1. The molecule has 0 spiro atoms. The highest BCUT2D eigenvalue weighted by molar-refractivity contribution is 5.89.